The molecule has 12 heteroatoms. The van der Waals surface area contributed by atoms with Crippen molar-refractivity contribution < 1.29 is 14.0 Å². The van der Waals surface area contributed by atoms with Gasteiger partial charge in [0, 0.05) is 48.5 Å². The van der Waals surface area contributed by atoms with Gasteiger partial charge in [-0.1, -0.05) is 11.6 Å². The molecule has 2 aromatic heterocycles. The van der Waals surface area contributed by atoms with Gasteiger partial charge >= 0.3 is 0 Å². The number of nitrogens with two attached hydrogens (primary N) is 2. The van der Waals surface area contributed by atoms with Crippen LogP contribution in [0.15, 0.2) is 60.1 Å². The summed E-state index contributed by atoms with van der Waals surface area (Å²) in [5.41, 5.74) is 12.7. The van der Waals surface area contributed by atoms with Crippen LogP contribution in [0.25, 0.3) is 11.1 Å². The van der Waals surface area contributed by atoms with E-state index in [0.717, 1.165) is 0 Å². The first kappa shape index (κ1) is 23.3. The monoisotopic (exact) mass is 468 g/mol. The van der Waals surface area contributed by atoms with Gasteiger partial charge in [-0.2, -0.15) is 9.98 Å². The highest BCUT2D eigenvalue weighted by Gasteiger charge is 2.12. The number of amidine groups is 1. The van der Waals surface area contributed by atoms with Gasteiger partial charge in [-0.25, -0.2) is 9.37 Å². The summed E-state index contributed by atoms with van der Waals surface area (Å²) in [6, 6.07) is 5.62. The molecule has 10 nitrogen and oxygen atoms in total. The van der Waals surface area contributed by atoms with Crippen LogP contribution in [-0.2, 0) is 4.79 Å². The average Bonchev–Trinajstić information content (AvgIpc) is 2.76. The van der Waals surface area contributed by atoms with E-state index < -0.39 is 17.6 Å². The number of aromatic nitrogens is 3. The molecule has 2 heterocycles. The minimum absolute atomic E-state index is 0.0118. The zero-order chi connectivity index (χ0) is 24.0. The lowest BCUT2D eigenvalue weighted by atomic mass is 10.1. The van der Waals surface area contributed by atoms with Crippen LogP contribution in [0.3, 0.4) is 0 Å². The van der Waals surface area contributed by atoms with E-state index in [9.17, 15) is 14.0 Å². The van der Waals surface area contributed by atoms with Crippen molar-refractivity contribution in [3.05, 3.63) is 71.5 Å². The second-order valence-corrected chi connectivity index (χ2v) is 6.98. The average molecular weight is 469 g/mol. The molecular weight excluding hydrogens is 451 g/mol. The SMILES string of the molecule is CC(=O)N=C(N)/C=C\Nc1nc(Nc2ccc(F)c(Cl)c2)ncc1-c1cncc(C(N)=O)c1. The lowest BCUT2D eigenvalue weighted by Crippen LogP contribution is -2.11. The van der Waals surface area contributed by atoms with E-state index in [2.05, 4.69) is 30.6 Å². The molecule has 0 aliphatic carbocycles. The highest BCUT2D eigenvalue weighted by molar-refractivity contribution is 6.31. The van der Waals surface area contributed by atoms with Gasteiger partial charge < -0.3 is 22.1 Å². The molecule has 0 atom stereocenters. The van der Waals surface area contributed by atoms with Crippen molar-refractivity contribution in [2.45, 2.75) is 6.92 Å². The Morgan fingerprint density at radius 3 is 2.67 bits per heavy atom. The maximum absolute atomic E-state index is 13.4. The lowest BCUT2D eigenvalue weighted by Gasteiger charge is -2.12. The molecule has 0 fully saturated rings. The summed E-state index contributed by atoms with van der Waals surface area (Å²) in [5, 5.41) is 5.80. The number of aliphatic imine (C=N–C) groups is 1. The summed E-state index contributed by atoms with van der Waals surface area (Å²) in [6.07, 6.45) is 7.15. The number of nitrogens with zero attached hydrogens (tertiary/aromatic N) is 4. The van der Waals surface area contributed by atoms with E-state index in [1.54, 1.807) is 6.07 Å². The maximum Gasteiger partial charge on any atom is 0.250 e. The Morgan fingerprint density at radius 2 is 1.97 bits per heavy atom. The van der Waals surface area contributed by atoms with Gasteiger partial charge in [-0.15, -0.1) is 0 Å². The van der Waals surface area contributed by atoms with Crippen LogP contribution < -0.4 is 22.1 Å². The number of halogens is 2. The molecule has 3 aromatic rings. The number of benzene rings is 1. The standard InChI is InChI=1S/C21H18ClFN8O2/c1-11(32)29-18(24)4-5-27-20-15(12-6-13(19(25)33)9-26-8-12)10-28-21(31-20)30-14-2-3-17(23)16(22)7-14/h2-10H,1H3,(H2,25,33)(H2,24,29,32)(H2,27,28,30,31)/b5-4-. The molecule has 2 amide bonds. The third-order valence-corrected chi connectivity index (χ3v) is 4.35. The predicted molar refractivity (Wildman–Crippen MR) is 124 cm³/mol. The zero-order valence-electron chi connectivity index (χ0n) is 17.2. The van der Waals surface area contributed by atoms with Crippen molar-refractivity contribution in [3.63, 3.8) is 0 Å². The number of rotatable bonds is 7. The van der Waals surface area contributed by atoms with Gasteiger partial charge in [0.25, 0.3) is 0 Å². The Bertz CT molecular complexity index is 1280. The van der Waals surface area contributed by atoms with Crippen molar-refractivity contribution in [2.24, 2.45) is 16.5 Å². The van der Waals surface area contributed by atoms with E-state index >= 15 is 0 Å². The normalized spacial score (nSPS) is 11.4. The molecule has 0 aliphatic rings. The highest BCUT2D eigenvalue weighted by atomic mass is 35.5. The van der Waals surface area contributed by atoms with Gasteiger partial charge in [0.05, 0.1) is 10.6 Å². The number of hydrogen-bond acceptors (Lipinski definition) is 7. The van der Waals surface area contributed by atoms with Crippen LogP contribution in [0.4, 0.5) is 21.8 Å². The molecule has 33 heavy (non-hydrogen) atoms. The molecule has 168 valence electrons. The van der Waals surface area contributed by atoms with E-state index in [1.165, 1.54) is 56.0 Å². The summed E-state index contributed by atoms with van der Waals surface area (Å²) in [7, 11) is 0. The van der Waals surface area contributed by atoms with Crippen molar-refractivity contribution >= 4 is 46.7 Å². The van der Waals surface area contributed by atoms with Crippen LogP contribution in [0.2, 0.25) is 5.02 Å². The van der Waals surface area contributed by atoms with E-state index in [0.29, 0.717) is 22.6 Å². The largest absolute Gasteiger partial charge is 0.384 e. The number of carbonyl (C=O) groups is 2. The molecule has 1 aromatic carbocycles. The molecular formula is C21H18ClFN8O2. The van der Waals surface area contributed by atoms with E-state index in [4.69, 9.17) is 23.1 Å². The van der Waals surface area contributed by atoms with Crippen LogP contribution >= 0.6 is 11.6 Å². The van der Waals surface area contributed by atoms with Gasteiger partial charge in [-0.3, -0.25) is 14.6 Å². The third kappa shape index (κ3) is 6.31. The minimum atomic E-state index is -0.639. The van der Waals surface area contributed by atoms with Crippen molar-refractivity contribution in [1.29, 1.82) is 0 Å². The molecule has 3 rings (SSSR count). The second kappa shape index (κ2) is 10.3. The zero-order valence-corrected chi connectivity index (χ0v) is 18.0. The Labute approximate surface area is 192 Å². The third-order valence-electron chi connectivity index (χ3n) is 4.06. The van der Waals surface area contributed by atoms with E-state index in [-0.39, 0.29) is 22.4 Å². The number of pyridine rings is 1. The Kier molecular flexibility index (Phi) is 7.26. The number of hydrogen-bond donors (Lipinski definition) is 4. The molecule has 0 aliphatic heterocycles. The maximum atomic E-state index is 13.4. The fourth-order valence-corrected chi connectivity index (χ4v) is 2.79. The molecule has 0 saturated heterocycles. The Hall–Kier alpha value is -4.38. The molecule has 6 N–H and O–H groups in total. The first-order valence-corrected chi connectivity index (χ1v) is 9.73. The number of primary amides is 1. The Morgan fingerprint density at radius 1 is 1.18 bits per heavy atom. The van der Waals surface area contributed by atoms with E-state index in [1.807, 2.05) is 0 Å². The van der Waals surface area contributed by atoms with Crippen molar-refractivity contribution in [2.75, 3.05) is 10.6 Å². The van der Waals surface area contributed by atoms with Crippen LogP contribution in [-0.4, -0.2) is 32.6 Å². The lowest BCUT2D eigenvalue weighted by molar-refractivity contribution is -0.115. The fourth-order valence-electron chi connectivity index (χ4n) is 2.61. The van der Waals surface area contributed by atoms with Crippen LogP contribution in [0, 0.1) is 5.82 Å². The summed E-state index contributed by atoms with van der Waals surface area (Å²) < 4.78 is 13.4. The van der Waals surface area contributed by atoms with Gasteiger partial charge in [0.2, 0.25) is 17.8 Å². The minimum Gasteiger partial charge on any atom is -0.384 e. The summed E-state index contributed by atoms with van der Waals surface area (Å²) in [6.45, 7) is 1.27. The quantitative estimate of drug-likeness (QED) is 0.304. The molecule has 0 spiro atoms. The highest BCUT2D eigenvalue weighted by Crippen LogP contribution is 2.28. The smallest absolute Gasteiger partial charge is 0.250 e. The van der Waals surface area contributed by atoms with Crippen molar-refractivity contribution in [1.82, 2.24) is 15.0 Å². The number of amides is 2. The van der Waals surface area contributed by atoms with Crippen LogP contribution in [0.5, 0.6) is 0 Å². The predicted octanol–water partition coefficient (Wildman–Crippen LogP) is 3.00. The summed E-state index contributed by atoms with van der Waals surface area (Å²) in [4.78, 5) is 38.9. The first-order valence-electron chi connectivity index (χ1n) is 9.35. The van der Waals surface area contributed by atoms with Crippen LogP contribution in [0.1, 0.15) is 17.3 Å². The molecule has 0 saturated carbocycles. The topological polar surface area (TPSA) is 161 Å². The number of carbonyl (C=O) groups excluding carboxylic acids is 2. The number of anilines is 3. The second-order valence-electron chi connectivity index (χ2n) is 6.57. The Balaban J connectivity index is 1.98. The van der Waals surface area contributed by atoms with Gasteiger partial charge in [-0.05, 0) is 30.3 Å². The molecule has 0 unspecified atom stereocenters. The van der Waals surface area contributed by atoms with Gasteiger partial charge in [0.15, 0.2) is 0 Å². The summed E-state index contributed by atoms with van der Waals surface area (Å²) in [5.74, 6) is -1.18. The fraction of sp³-hybridized carbons (Fsp3) is 0.0476. The van der Waals surface area contributed by atoms with Crippen molar-refractivity contribution in [3.8, 4) is 11.1 Å². The summed E-state index contributed by atoms with van der Waals surface area (Å²) >= 11 is 5.82. The van der Waals surface area contributed by atoms with Gasteiger partial charge in [0.1, 0.15) is 17.5 Å². The number of nitrogens with one attached hydrogen (secondary N) is 2. The molecule has 0 radical (unpaired) electrons. The first-order chi connectivity index (χ1) is 15.7. The molecule has 0 bridgehead atoms.